The summed E-state index contributed by atoms with van der Waals surface area (Å²) in [5.74, 6) is 5.48. The predicted octanol–water partition coefficient (Wildman–Crippen LogP) is 2.41. The molecule has 0 heterocycles. The third-order valence-electron chi connectivity index (χ3n) is 2.84. The first-order valence-electron chi connectivity index (χ1n) is 6.22. The summed E-state index contributed by atoms with van der Waals surface area (Å²) in [7, 11) is 0. The number of hydrogen-bond donors (Lipinski definition) is 2. The second kappa shape index (κ2) is 7.52. The molecule has 3 nitrogen and oxygen atoms in total. The Kier molecular flexibility index (Phi) is 5.96. The van der Waals surface area contributed by atoms with E-state index < -0.39 is 0 Å². The van der Waals surface area contributed by atoms with Gasteiger partial charge in [0.25, 0.3) is 0 Å². The number of aliphatic hydroxyl groups excluding tert-OH is 1. The summed E-state index contributed by atoms with van der Waals surface area (Å²) in [6.07, 6.45) is 1.65. The maximum atomic E-state index is 12.0. The van der Waals surface area contributed by atoms with Crippen molar-refractivity contribution in [2.45, 2.75) is 26.7 Å². The molecule has 0 aliphatic heterocycles. The molecule has 0 fully saturated rings. The Hall–Kier alpha value is -1.79. The molecule has 0 aliphatic carbocycles. The van der Waals surface area contributed by atoms with Crippen LogP contribution in [0.1, 0.15) is 32.3 Å². The third-order valence-corrected chi connectivity index (χ3v) is 2.84. The van der Waals surface area contributed by atoms with E-state index in [1.54, 1.807) is 0 Å². The van der Waals surface area contributed by atoms with E-state index in [0.717, 1.165) is 18.4 Å². The number of para-hydroxylation sites is 1. The monoisotopic (exact) mass is 245 g/mol. The van der Waals surface area contributed by atoms with Gasteiger partial charge in [-0.05, 0) is 25.0 Å². The minimum atomic E-state index is -0.186. The number of nitrogens with one attached hydrogen (secondary N) is 1. The van der Waals surface area contributed by atoms with E-state index in [1.807, 2.05) is 38.1 Å². The maximum absolute atomic E-state index is 12.0. The van der Waals surface area contributed by atoms with E-state index in [4.69, 9.17) is 5.11 Å². The van der Waals surface area contributed by atoms with Gasteiger partial charge in [-0.3, -0.25) is 4.79 Å². The van der Waals surface area contributed by atoms with Crippen LogP contribution in [-0.2, 0) is 4.79 Å². The summed E-state index contributed by atoms with van der Waals surface area (Å²) in [5.41, 5.74) is 1.43. The van der Waals surface area contributed by atoms with Crippen LogP contribution in [0.2, 0.25) is 0 Å². The molecule has 1 aromatic carbocycles. The van der Waals surface area contributed by atoms with Crippen LogP contribution in [0, 0.1) is 17.8 Å². The summed E-state index contributed by atoms with van der Waals surface area (Å²) in [6.45, 7) is 3.82. The molecule has 3 heteroatoms. The van der Waals surface area contributed by atoms with Crippen LogP contribution in [0.25, 0.3) is 0 Å². The Morgan fingerprint density at radius 1 is 1.33 bits per heavy atom. The van der Waals surface area contributed by atoms with E-state index in [-0.39, 0.29) is 18.4 Å². The number of benzene rings is 1. The Balaban J connectivity index is 2.87. The van der Waals surface area contributed by atoms with Crippen LogP contribution in [0.3, 0.4) is 0 Å². The van der Waals surface area contributed by atoms with Crippen molar-refractivity contribution in [3.05, 3.63) is 29.8 Å². The zero-order valence-corrected chi connectivity index (χ0v) is 10.9. The van der Waals surface area contributed by atoms with E-state index in [2.05, 4.69) is 17.2 Å². The summed E-state index contributed by atoms with van der Waals surface area (Å²) < 4.78 is 0. The Morgan fingerprint density at radius 2 is 2.00 bits per heavy atom. The van der Waals surface area contributed by atoms with Gasteiger partial charge in [-0.25, -0.2) is 0 Å². The van der Waals surface area contributed by atoms with Gasteiger partial charge in [0.15, 0.2) is 0 Å². The van der Waals surface area contributed by atoms with Crippen molar-refractivity contribution >= 4 is 11.6 Å². The van der Waals surface area contributed by atoms with E-state index in [0.29, 0.717) is 5.69 Å². The third kappa shape index (κ3) is 3.90. The predicted molar refractivity (Wildman–Crippen MR) is 73.1 cm³/mol. The van der Waals surface area contributed by atoms with Gasteiger partial charge in [0, 0.05) is 11.5 Å². The molecule has 0 saturated carbocycles. The van der Waals surface area contributed by atoms with Crippen molar-refractivity contribution < 1.29 is 9.90 Å². The van der Waals surface area contributed by atoms with Gasteiger partial charge in [0.1, 0.15) is 6.61 Å². The molecule has 96 valence electrons. The van der Waals surface area contributed by atoms with Gasteiger partial charge in [0.2, 0.25) is 5.91 Å². The van der Waals surface area contributed by atoms with Crippen LogP contribution >= 0.6 is 0 Å². The molecule has 2 N–H and O–H groups in total. The first kappa shape index (κ1) is 14.3. The van der Waals surface area contributed by atoms with Crippen LogP contribution in [-0.4, -0.2) is 17.6 Å². The second-order valence-corrected chi connectivity index (χ2v) is 4.01. The van der Waals surface area contributed by atoms with Crippen LogP contribution in [0.4, 0.5) is 5.69 Å². The van der Waals surface area contributed by atoms with Gasteiger partial charge < -0.3 is 10.4 Å². The lowest BCUT2D eigenvalue weighted by Crippen LogP contribution is -2.22. The SMILES string of the molecule is CCC(CC)C(=O)Nc1ccccc1C#CCO. The van der Waals surface area contributed by atoms with Crippen LogP contribution in [0.15, 0.2) is 24.3 Å². The molecule has 18 heavy (non-hydrogen) atoms. The zero-order valence-electron chi connectivity index (χ0n) is 10.9. The zero-order chi connectivity index (χ0) is 13.4. The van der Waals surface area contributed by atoms with Gasteiger partial charge in [0.05, 0.1) is 5.69 Å². The fourth-order valence-corrected chi connectivity index (χ4v) is 1.73. The smallest absolute Gasteiger partial charge is 0.227 e. The van der Waals surface area contributed by atoms with Gasteiger partial charge in [-0.2, -0.15) is 0 Å². The van der Waals surface area contributed by atoms with Gasteiger partial charge in [-0.1, -0.05) is 37.8 Å². The maximum Gasteiger partial charge on any atom is 0.227 e. The highest BCUT2D eigenvalue weighted by atomic mass is 16.2. The summed E-state index contributed by atoms with van der Waals surface area (Å²) in [6, 6.07) is 7.35. The van der Waals surface area contributed by atoms with Crippen molar-refractivity contribution in [2.75, 3.05) is 11.9 Å². The number of hydrogen-bond acceptors (Lipinski definition) is 2. The van der Waals surface area contributed by atoms with Gasteiger partial charge >= 0.3 is 0 Å². The molecule has 0 aromatic heterocycles. The molecule has 0 atom stereocenters. The van der Waals surface area contributed by atoms with Crippen molar-refractivity contribution in [1.29, 1.82) is 0 Å². The number of amides is 1. The molecule has 1 rings (SSSR count). The topological polar surface area (TPSA) is 49.3 Å². The van der Waals surface area contributed by atoms with E-state index >= 15 is 0 Å². The first-order chi connectivity index (χ1) is 8.72. The molecular formula is C15H19NO2. The molecule has 0 aliphatic rings. The average Bonchev–Trinajstić information content (AvgIpc) is 2.39. The lowest BCUT2D eigenvalue weighted by molar-refractivity contribution is -0.120. The van der Waals surface area contributed by atoms with Crippen molar-refractivity contribution in [1.82, 2.24) is 0 Å². The fourth-order valence-electron chi connectivity index (χ4n) is 1.73. The van der Waals surface area contributed by atoms with Gasteiger partial charge in [-0.15, -0.1) is 0 Å². The Labute approximate surface area is 108 Å². The van der Waals surface area contributed by atoms with E-state index in [1.165, 1.54) is 0 Å². The molecule has 0 saturated heterocycles. The molecule has 0 radical (unpaired) electrons. The van der Waals surface area contributed by atoms with Crippen molar-refractivity contribution in [3.63, 3.8) is 0 Å². The highest BCUT2D eigenvalue weighted by Gasteiger charge is 2.14. The molecule has 0 spiro atoms. The van der Waals surface area contributed by atoms with Crippen molar-refractivity contribution in [3.8, 4) is 11.8 Å². The molecule has 0 bridgehead atoms. The largest absolute Gasteiger partial charge is 0.384 e. The lowest BCUT2D eigenvalue weighted by Gasteiger charge is -2.13. The number of aliphatic hydroxyl groups is 1. The molecule has 1 aromatic rings. The fraction of sp³-hybridized carbons (Fsp3) is 0.400. The number of carbonyl (C=O) groups excluding carboxylic acids is 1. The first-order valence-corrected chi connectivity index (χ1v) is 6.22. The highest BCUT2D eigenvalue weighted by molar-refractivity contribution is 5.93. The van der Waals surface area contributed by atoms with E-state index in [9.17, 15) is 4.79 Å². The number of carbonyl (C=O) groups is 1. The Morgan fingerprint density at radius 3 is 2.61 bits per heavy atom. The minimum absolute atomic E-state index is 0.0262. The minimum Gasteiger partial charge on any atom is -0.384 e. The Bertz CT molecular complexity index is 453. The number of rotatable bonds is 4. The lowest BCUT2D eigenvalue weighted by atomic mass is 10.0. The average molecular weight is 245 g/mol. The highest BCUT2D eigenvalue weighted by Crippen LogP contribution is 2.17. The van der Waals surface area contributed by atoms with Crippen LogP contribution < -0.4 is 5.32 Å². The molecular weight excluding hydrogens is 226 g/mol. The quantitative estimate of drug-likeness (QED) is 0.800. The molecule has 1 amide bonds. The molecule has 0 unspecified atom stereocenters. The number of anilines is 1. The summed E-state index contributed by atoms with van der Waals surface area (Å²) in [4.78, 5) is 12.0. The summed E-state index contributed by atoms with van der Waals surface area (Å²) >= 11 is 0. The standard InChI is InChI=1S/C15H19NO2/c1-3-12(4-2)15(18)16-14-10-6-5-8-13(14)9-7-11-17/h5-6,8,10,12,17H,3-4,11H2,1-2H3,(H,16,18). The summed E-state index contributed by atoms with van der Waals surface area (Å²) in [5, 5.41) is 11.6. The second-order valence-electron chi connectivity index (χ2n) is 4.01. The van der Waals surface area contributed by atoms with Crippen molar-refractivity contribution in [2.24, 2.45) is 5.92 Å². The van der Waals surface area contributed by atoms with Crippen LogP contribution in [0.5, 0.6) is 0 Å². The normalized spacial score (nSPS) is 9.78.